The number of carbonyl (C=O) groups excluding carboxylic acids is 2. The Balaban J connectivity index is 3.05. The normalized spacial score (nSPS) is 9.86. The molecule has 0 aliphatic heterocycles. The van der Waals surface area contributed by atoms with E-state index in [9.17, 15) is 9.59 Å². The summed E-state index contributed by atoms with van der Waals surface area (Å²) in [6.45, 7) is 0. The van der Waals surface area contributed by atoms with Crippen molar-refractivity contribution in [2.45, 2.75) is 6.42 Å². The summed E-state index contributed by atoms with van der Waals surface area (Å²) in [5.74, 6) is 0.0254. The topological polar surface area (TPSA) is 34.1 Å². The Morgan fingerprint density at radius 3 is 2.71 bits per heavy atom. The highest BCUT2D eigenvalue weighted by Gasteiger charge is 2.09. The van der Waals surface area contributed by atoms with Crippen LogP contribution in [0, 0.1) is 0 Å². The SMILES string of the molecule is O=Cc1ccc(Br)c(C(=O)CCBr)c1. The molecule has 0 saturated carbocycles. The molecule has 0 fully saturated rings. The lowest BCUT2D eigenvalue weighted by molar-refractivity contribution is 0.0989. The van der Waals surface area contributed by atoms with E-state index in [1.807, 2.05) is 0 Å². The van der Waals surface area contributed by atoms with Crippen molar-refractivity contribution in [3.8, 4) is 0 Å². The molecule has 0 N–H and O–H groups in total. The molecule has 4 heteroatoms. The van der Waals surface area contributed by atoms with Gasteiger partial charge < -0.3 is 0 Å². The molecule has 0 unspecified atom stereocenters. The van der Waals surface area contributed by atoms with Gasteiger partial charge in [-0.05, 0) is 12.1 Å². The van der Waals surface area contributed by atoms with E-state index in [1.54, 1.807) is 18.2 Å². The lowest BCUT2D eigenvalue weighted by Crippen LogP contribution is -2.01. The van der Waals surface area contributed by atoms with E-state index in [-0.39, 0.29) is 5.78 Å². The van der Waals surface area contributed by atoms with Gasteiger partial charge >= 0.3 is 0 Å². The third kappa shape index (κ3) is 2.75. The molecule has 0 saturated heterocycles. The molecular weight excluding hydrogens is 312 g/mol. The zero-order chi connectivity index (χ0) is 10.6. The van der Waals surface area contributed by atoms with E-state index in [0.717, 1.165) is 10.8 Å². The molecule has 0 radical (unpaired) electrons. The fourth-order valence-corrected chi connectivity index (χ4v) is 1.88. The molecule has 1 aromatic carbocycles. The highest BCUT2D eigenvalue weighted by molar-refractivity contribution is 9.10. The number of hydrogen-bond donors (Lipinski definition) is 0. The Kier molecular flexibility index (Phi) is 4.48. The Morgan fingerprint density at radius 2 is 2.14 bits per heavy atom. The van der Waals surface area contributed by atoms with Crippen LogP contribution in [0.5, 0.6) is 0 Å². The standard InChI is InChI=1S/C10H8Br2O2/c11-4-3-10(14)8-5-7(6-13)1-2-9(8)12/h1-2,5-6H,3-4H2. The molecule has 0 aliphatic carbocycles. The van der Waals surface area contributed by atoms with Crippen LogP contribution in [-0.2, 0) is 0 Å². The number of aldehydes is 1. The molecule has 0 atom stereocenters. The predicted molar refractivity (Wildman–Crippen MR) is 62.3 cm³/mol. The van der Waals surface area contributed by atoms with Gasteiger partial charge in [-0.1, -0.05) is 37.9 Å². The maximum atomic E-state index is 11.6. The highest BCUT2D eigenvalue weighted by atomic mass is 79.9. The van der Waals surface area contributed by atoms with E-state index >= 15 is 0 Å². The first-order valence-corrected chi connectivity index (χ1v) is 5.94. The molecule has 2 nitrogen and oxygen atoms in total. The molecule has 0 spiro atoms. The molecule has 0 aliphatic rings. The molecule has 14 heavy (non-hydrogen) atoms. The van der Waals surface area contributed by atoms with Gasteiger partial charge in [-0.15, -0.1) is 0 Å². The van der Waals surface area contributed by atoms with Crippen LogP contribution in [-0.4, -0.2) is 17.4 Å². The first kappa shape index (κ1) is 11.6. The number of rotatable bonds is 4. The second-order valence-electron chi connectivity index (χ2n) is 2.72. The number of carbonyl (C=O) groups is 2. The third-order valence-corrected chi connectivity index (χ3v) is 2.84. The van der Waals surface area contributed by atoms with Gasteiger partial charge in [0.2, 0.25) is 0 Å². The summed E-state index contributed by atoms with van der Waals surface area (Å²) < 4.78 is 0.731. The van der Waals surface area contributed by atoms with Gasteiger partial charge in [0.1, 0.15) is 6.29 Å². The maximum absolute atomic E-state index is 11.6. The second-order valence-corrected chi connectivity index (χ2v) is 4.37. The second kappa shape index (κ2) is 5.41. The van der Waals surface area contributed by atoms with Gasteiger partial charge in [0.05, 0.1) is 0 Å². The van der Waals surface area contributed by atoms with Gasteiger partial charge in [-0.25, -0.2) is 0 Å². The average Bonchev–Trinajstić information content (AvgIpc) is 2.19. The number of halogens is 2. The number of hydrogen-bond acceptors (Lipinski definition) is 2. The van der Waals surface area contributed by atoms with Crippen molar-refractivity contribution in [2.75, 3.05) is 5.33 Å². The van der Waals surface area contributed by atoms with Crippen LogP contribution in [0.15, 0.2) is 22.7 Å². The fraction of sp³-hybridized carbons (Fsp3) is 0.200. The van der Waals surface area contributed by atoms with Crippen molar-refractivity contribution < 1.29 is 9.59 Å². The maximum Gasteiger partial charge on any atom is 0.164 e. The van der Waals surface area contributed by atoms with Gasteiger partial charge in [0.25, 0.3) is 0 Å². The lowest BCUT2D eigenvalue weighted by atomic mass is 10.1. The summed E-state index contributed by atoms with van der Waals surface area (Å²) in [6, 6.07) is 4.98. The number of benzene rings is 1. The zero-order valence-corrected chi connectivity index (χ0v) is 10.5. The minimum Gasteiger partial charge on any atom is -0.298 e. The van der Waals surface area contributed by atoms with Gasteiger partial charge in [0, 0.05) is 27.4 Å². The summed E-state index contributed by atoms with van der Waals surface area (Å²) >= 11 is 6.48. The van der Waals surface area contributed by atoms with Crippen molar-refractivity contribution in [1.29, 1.82) is 0 Å². The van der Waals surface area contributed by atoms with Crippen LogP contribution < -0.4 is 0 Å². The summed E-state index contributed by atoms with van der Waals surface area (Å²) in [7, 11) is 0. The van der Waals surface area contributed by atoms with Crippen LogP contribution in [0.1, 0.15) is 27.1 Å². The summed E-state index contributed by atoms with van der Waals surface area (Å²) in [6.07, 6.45) is 1.16. The van der Waals surface area contributed by atoms with Crippen molar-refractivity contribution in [1.82, 2.24) is 0 Å². The Morgan fingerprint density at radius 1 is 1.43 bits per heavy atom. The zero-order valence-electron chi connectivity index (χ0n) is 7.30. The van der Waals surface area contributed by atoms with Crippen LogP contribution in [0.4, 0.5) is 0 Å². The smallest absolute Gasteiger partial charge is 0.164 e. The van der Waals surface area contributed by atoms with Crippen molar-refractivity contribution >= 4 is 43.9 Å². The Bertz CT molecular complexity index is 361. The van der Waals surface area contributed by atoms with E-state index in [1.165, 1.54) is 0 Å². The van der Waals surface area contributed by atoms with Crippen molar-refractivity contribution in [2.24, 2.45) is 0 Å². The van der Waals surface area contributed by atoms with E-state index < -0.39 is 0 Å². The Hall–Kier alpha value is -0.480. The molecule has 0 heterocycles. The highest BCUT2D eigenvalue weighted by Crippen LogP contribution is 2.19. The number of alkyl halides is 1. The third-order valence-electron chi connectivity index (χ3n) is 1.75. The fourth-order valence-electron chi connectivity index (χ4n) is 1.05. The van der Waals surface area contributed by atoms with Crippen LogP contribution in [0.25, 0.3) is 0 Å². The summed E-state index contributed by atoms with van der Waals surface area (Å²) in [5.41, 5.74) is 1.08. The molecular formula is C10H8Br2O2. The quantitative estimate of drug-likeness (QED) is 0.485. The molecule has 1 aromatic rings. The molecule has 0 bridgehead atoms. The first-order valence-electron chi connectivity index (χ1n) is 4.03. The van der Waals surface area contributed by atoms with Crippen molar-refractivity contribution in [3.05, 3.63) is 33.8 Å². The molecule has 0 amide bonds. The monoisotopic (exact) mass is 318 g/mol. The van der Waals surface area contributed by atoms with E-state index in [4.69, 9.17) is 0 Å². The molecule has 0 aromatic heterocycles. The van der Waals surface area contributed by atoms with Gasteiger partial charge in [-0.2, -0.15) is 0 Å². The number of Topliss-reactive ketones (excluding diaryl/α,β-unsaturated/α-hetero) is 1. The predicted octanol–water partition coefficient (Wildman–Crippen LogP) is 3.23. The van der Waals surface area contributed by atoms with Gasteiger partial charge in [0.15, 0.2) is 5.78 Å². The molecule has 1 rings (SSSR count). The average molecular weight is 320 g/mol. The lowest BCUT2D eigenvalue weighted by Gasteiger charge is -2.02. The Labute approximate surface area is 98.9 Å². The van der Waals surface area contributed by atoms with E-state index in [0.29, 0.717) is 22.9 Å². The molecule has 74 valence electrons. The minimum atomic E-state index is 0.0254. The van der Waals surface area contributed by atoms with Crippen LogP contribution in [0.3, 0.4) is 0 Å². The summed E-state index contributed by atoms with van der Waals surface area (Å²) in [4.78, 5) is 22.1. The number of ketones is 1. The van der Waals surface area contributed by atoms with Crippen LogP contribution >= 0.6 is 31.9 Å². The van der Waals surface area contributed by atoms with Gasteiger partial charge in [-0.3, -0.25) is 9.59 Å². The first-order chi connectivity index (χ1) is 6.69. The van der Waals surface area contributed by atoms with Crippen LogP contribution in [0.2, 0.25) is 0 Å². The minimum absolute atomic E-state index is 0.0254. The van der Waals surface area contributed by atoms with Crippen molar-refractivity contribution in [3.63, 3.8) is 0 Å². The van der Waals surface area contributed by atoms with E-state index in [2.05, 4.69) is 31.9 Å². The largest absolute Gasteiger partial charge is 0.298 e. The summed E-state index contributed by atoms with van der Waals surface area (Å²) in [5, 5.41) is 0.629.